The first-order valence-corrected chi connectivity index (χ1v) is 37.2. The third kappa shape index (κ3) is 41.8. The van der Waals surface area contributed by atoms with Crippen LogP contribution in [0.2, 0.25) is 54.4 Å². The highest BCUT2D eigenvalue weighted by atomic mass is 28.4. The number of aliphatic hydroxyl groups excluding tert-OH is 4. The van der Waals surface area contributed by atoms with Crippen molar-refractivity contribution in [2.75, 3.05) is 94.5 Å². The molecule has 5 atom stereocenters. The van der Waals surface area contributed by atoms with Gasteiger partial charge in [0.15, 0.2) is 48.7 Å². The average molecular weight is 1330 g/mol. The fourth-order valence-electron chi connectivity index (χ4n) is 5.22. The second-order valence-corrected chi connectivity index (χ2v) is 39.5. The molecule has 2 aliphatic rings. The fraction of sp³-hybridized carbons (Fsp3) is 0.729. The maximum Gasteiger partial charge on any atom is 0.331 e. The van der Waals surface area contributed by atoms with E-state index >= 15 is 0 Å². The van der Waals surface area contributed by atoms with Crippen molar-refractivity contribution in [3.8, 4) is 0 Å². The van der Waals surface area contributed by atoms with Gasteiger partial charge in [-0.3, -0.25) is 0 Å². The molecule has 0 aromatic carbocycles. The number of aliphatic hydroxyl groups is 4. The molecule has 0 amide bonds. The molecule has 0 aliphatic carbocycles. The lowest BCUT2D eigenvalue weighted by Crippen LogP contribution is -2.44. The van der Waals surface area contributed by atoms with Crippen molar-refractivity contribution < 1.29 is 129 Å². The van der Waals surface area contributed by atoms with E-state index in [1.807, 2.05) is 40.8 Å². The van der Waals surface area contributed by atoms with Crippen LogP contribution in [0.15, 0.2) is 48.6 Å². The number of esters is 8. The molecule has 89 heavy (non-hydrogen) atoms. The van der Waals surface area contributed by atoms with E-state index in [0.29, 0.717) is 19.8 Å². The summed E-state index contributed by atoms with van der Waals surface area (Å²) in [5, 5.41) is 35.7. The molecule has 516 valence electrons. The lowest BCUT2D eigenvalue weighted by atomic mass is 10.2. The van der Waals surface area contributed by atoms with Crippen molar-refractivity contribution >= 4 is 72.7 Å². The highest BCUT2D eigenvalue weighted by molar-refractivity contribution is 6.74. The van der Waals surface area contributed by atoms with E-state index in [9.17, 15) is 38.4 Å². The molecule has 2 rings (SSSR count). The summed E-state index contributed by atoms with van der Waals surface area (Å²) < 4.78 is 76.3. The van der Waals surface area contributed by atoms with Crippen molar-refractivity contribution in [1.29, 1.82) is 0 Å². The Labute approximate surface area is 529 Å². The summed E-state index contributed by atoms with van der Waals surface area (Å²) in [6.07, 6.45) is 4.13. The Morgan fingerprint density at radius 3 is 1.04 bits per heavy atom. The lowest BCUT2D eigenvalue weighted by Gasteiger charge is -2.37. The number of hydrogen-bond acceptors (Lipinski definition) is 27. The van der Waals surface area contributed by atoms with Crippen LogP contribution in [0.3, 0.4) is 0 Å². The third-order valence-corrected chi connectivity index (χ3v) is 27.2. The first kappa shape index (κ1) is 88.1. The van der Waals surface area contributed by atoms with E-state index in [2.05, 4.69) is 112 Å². The average Bonchev–Trinajstić information content (AvgIpc) is 2.55. The predicted molar refractivity (Wildman–Crippen MR) is 333 cm³/mol. The second-order valence-electron chi connectivity index (χ2n) is 25.1. The predicted octanol–water partition coefficient (Wildman–Crippen LogP) is 5.47. The molecule has 0 bridgehead atoms. The Bertz CT molecular complexity index is 2270. The van der Waals surface area contributed by atoms with Crippen molar-refractivity contribution in [2.24, 2.45) is 0 Å². The van der Waals surface area contributed by atoms with Gasteiger partial charge in [0.25, 0.3) is 0 Å². The molecule has 27 nitrogen and oxygen atoms in total. The number of carbonyl (C=O) groups is 8. The van der Waals surface area contributed by atoms with Gasteiger partial charge in [0.05, 0.1) is 87.4 Å². The summed E-state index contributed by atoms with van der Waals surface area (Å²) in [5.74, 6) is -7.29. The van der Waals surface area contributed by atoms with E-state index in [1.54, 1.807) is 0 Å². The minimum atomic E-state index is -2.15. The zero-order valence-electron chi connectivity index (χ0n) is 56.8. The number of methoxy groups -OCH3 is 4. The van der Waals surface area contributed by atoms with Gasteiger partial charge in [-0.25, -0.2) is 38.4 Å². The summed E-state index contributed by atoms with van der Waals surface area (Å²) in [6.45, 7) is 40.2. The highest BCUT2D eigenvalue weighted by Crippen LogP contribution is 2.39. The van der Waals surface area contributed by atoms with E-state index in [-0.39, 0.29) is 60.4 Å². The van der Waals surface area contributed by atoms with E-state index in [4.69, 9.17) is 66.9 Å². The van der Waals surface area contributed by atoms with Gasteiger partial charge in [0, 0.05) is 48.6 Å². The number of carbonyl (C=O) groups excluding carboxylic acids is 8. The quantitative estimate of drug-likeness (QED) is 0.0361. The van der Waals surface area contributed by atoms with Gasteiger partial charge in [-0.05, 0) is 82.1 Å². The van der Waals surface area contributed by atoms with Crippen LogP contribution in [0.1, 0.15) is 90.0 Å². The van der Waals surface area contributed by atoms with Gasteiger partial charge in [0.2, 0.25) is 0 Å². The number of ether oxygens (including phenoxy) is 12. The Morgan fingerprint density at radius 2 is 0.753 bits per heavy atom. The minimum absolute atomic E-state index is 0.00227. The summed E-state index contributed by atoms with van der Waals surface area (Å²) >= 11 is 0. The van der Waals surface area contributed by atoms with Crippen LogP contribution in [0.25, 0.3) is 0 Å². The Morgan fingerprint density at radius 1 is 0.449 bits per heavy atom. The van der Waals surface area contributed by atoms with Crippen LogP contribution in [-0.2, 0) is 108 Å². The summed E-state index contributed by atoms with van der Waals surface area (Å²) in [7, 11) is -0.936. The molecule has 0 aromatic rings. The number of hydrogen-bond donors (Lipinski definition) is 4. The summed E-state index contributed by atoms with van der Waals surface area (Å²) in [5.41, 5.74) is 0. The smallest absolute Gasteiger partial charge is 0.331 e. The van der Waals surface area contributed by atoms with E-state index in [0.717, 1.165) is 62.8 Å². The summed E-state index contributed by atoms with van der Waals surface area (Å²) in [6, 6.07) is 0. The zero-order chi connectivity index (χ0) is 69.8. The lowest BCUT2D eigenvalue weighted by molar-refractivity contribution is -0.155. The molecule has 4 N–H and O–H groups in total. The maximum absolute atomic E-state index is 11.9. The topological polar surface area (TPSA) is 356 Å². The zero-order valence-corrected chi connectivity index (χ0v) is 59.8. The molecule has 0 saturated carbocycles. The van der Waals surface area contributed by atoms with Crippen molar-refractivity contribution in [3.63, 3.8) is 0 Å². The van der Waals surface area contributed by atoms with Crippen LogP contribution in [0, 0.1) is 0 Å². The van der Waals surface area contributed by atoms with Gasteiger partial charge in [-0.2, -0.15) is 0 Å². The third-order valence-electron chi connectivity index (χ3n) is 13.7. The molecule has 2 heterocycles. The molecular weight excluding hydrogens is 1220 g/mol. The molecule has 5 unspecified atom stereocenters. The van der Waals surface area contributed by atoms with Crippen molar-refractivity contribution in [1.82, 2.24) is 0 Å². The summed E-state index contributed by atoms with van der Waals surface area (Å²) in [4.78, 5) is 89.7. The fourth-order valence-corrected chi connectivity index (χ4v) is 8.33. The standard InChI is InChI=1S/C19H30O9Si.C13H16O9.C12H26O3Si.C9H22O3Si.C6H12O3/c1-19(2,3)29(6,7)27-13-14(28-18(23)11-9-16(21)25-5)12-26-17(22)10-8-15(20)24-4;1-19-10(15)3-5-12(17)21-8-9(7-14)22-13(18)6-4-11(16)20-2;1-11(2,3)16(6,7)14-9-10-8-13-12(4,5)15-10;1-9(2,3)13(4,5)12-7-8(11)6-10;1-6(2)8-4-5(3-7)9-6/h8-11,14H,12-13H2,1-7H3;3-6,9,14H,7-8H2,1-2H3;10H,8-9H2,1-7H3;8,10-11H,6-7H2,1-5H3;5,7H,3-4H2,1-2H3/b10-8+,11-9+;5-3+,6-4+;;;. The van der Waals surface area contributed by atoms with Crippen LogP contribution >= 0.6 is 0 Å². The van der Waals surface area contributed by atoms with Crippen LogP contribution < -0.4 is 0 Å². The van der Waals surface area contributed by atoms with Gasteiger partial charge in [-0.1, -0.05) is 62.3 Å². The Hall–Kier alpha value is -5.07. The second kappa shape index (κ2) is 42.1. The Balaban J connectivity index is -0.00000109. The van der Waals surface area contributed by atoms with Gasteiger partial charge >= 0.3 is 47.8 Å². The monoisotopic (exact) mass is 1330 g/mol. The first-order chi connectivity index (χ1) is 40.6. The molecular formula is C59H106O27Si3. The molecule has 2 saturated heterocycles. The molecule has 0 spiro atoms. The molecule has 2 fully saturated rings. The Kier molecular flexibility index (Phi) is 41.7. The minimum Gasteiger partial charge on any atom is -0.466 e. The van der Waals surface area contributed by atoms with Crippen LogP contribution in [-0.4, -0.2) is 230 Å². The van der Waals surface area contributed by atoms with Crippen LogP contribution in [0.4, 0.5) is 0 Å². The van der Waals surface area contributed by atoms with E-state index < -0.39 is 116 Å². The van der Waals surface area contributed by atoms with Gasteiger partial charge in [0.1, 0.15) is 25.4 Å². The molecule has 30 heteroatoms. The first-order valence-electron chi connectivity index (χ1n) is 28.5. The normalized spacial score (nSPS) is 17.6. The molecule has 0 radical (unpaired) electrons. The van der Waals surface area contributed by atoms with Crippen LogP contribution in [0.5, 0.6) is 0 Å². The van der Waals surface area contributed by atoms with Crippen molar-refractivity contribution in [2.45, 2.75) is 186 Å². The molecule has 2 aliphatic heterocycles. The van der Waals surface area contributed by atoms with Gasteiger partial charge in [-0.15, -0.1) is 0 Å². The highest BCUT2D eigenvalue weighted by Gasteiger charge is 2.41. The number of rotatable bonds is 26. The van der Waals surface area contributed by atoms with E-state index in [1.165, 1.54) is 14.2 Å². The largest absolute Gasteiger partial charge is 0.466 e. The molecule has 0 aromatic heterocycles. The maximum atomic E-state index is 11.9. The van der Waals surface area contributed by atoms with Gasteiger partial charge < -0.3 is 90.5 Å². The van der Waals surface area contributed by atoms with Crippen molar-refractivity contribution in [3.05, 3.63) is 48.6 Å². The SMILES string of the molecule is CC(C)(C)[Si](C)(C)OCC(O)CO.CC1(C)OCC(CO)O1.CC1(C)OCC(CO[Si](C)(C)C(C)(C)C)O1.COC(=O)/C=C/C(=O)OCC(CO)OC(=O)/C=C/C(=O)OC.COC(=O)/C=C/C(=O)OCC(CO[Si](C)(C)C(C)(C)C)OC(=O)/C=C/C(=O)OC.